The van der Waals surface area contributed by atoms with Gasteiger partial charge < -0.3 is 15.2 Å². The number of hydrogen-bond donors (Lipinski definition) is 2. The number of carboxylic acids is 1. The van der Waals surface area contributed by atoms with Crippen molar-refractivity contribution in [1.29, 1.82) is 0 Å². The minimum Gasteiger partial charge on any atom is -0.480 e. The van der Waals surface area contributed by atoms with Gasteiger partial charge in [-0.2, -0.15) is 0 Å². The number of hydrogen-bond acceptors (Lipinski definition) is 5. The van der Waals surface area contributed by atoms with Crippen LogP contribution in [0.4, 0.5) is 0 Å². The van der Waals surface area contributed by atoms with Gasteiger partial charge in [-0.05, 0) is 0 Å². The minimum atomic E-state index is -3.09. The molecule has 7 heteroatoms. The van der Waals surface area contributed by atoms with Crippen molar-refractivity contribution in [2.75, 3.05) is 25.2 Å². The lowest BCUT2D eigenvalue weighted by Gasteiger charge is -2.16. The van der Waals surface area contributed by atoms with Crippen molar-refractivity contribution in [3.63, 3.8) is 0 Å². The molecule has 82 valence electrons. The molecule has 1 heterocycles. The highest BCUT2D eigenvalue weighted by Gasteiger charge is 2.37. The molecule has 0 saturated carbocycles. The van der Waals surface area contributed by atoms with Crippen LogP contribution < -0.4 is 5.32 Å². The Bertz CT molecular complexity index is 312. The first-order chi connectivity index (χ1) is 6.44. The van der Waals surface area contributed by atoms with E-state index in [1.54, 1.807) is 0 Å². The summed E-state index contributed by atoms with van der Waals surface area (Å²) in [6.45, 7) is -0.250. The summed E-state index contributed by atoms with van der Waals surface area (Å²) >= 11 is 0. The van der Waals surface area contributed by atoms with Crippen LogP contribution >= 0.6 is 0 Å². The fraction of sp³-hybridized carbons (Fsp3) is 0.857. The van der Waals surface area contributed by atoms with Crippen LogP contribution in [0.2, 0.25) is 0 Å². The van der Waals surface area contributed by atoms with Crippen LogP contribution in [0.5, 0.6) is 0 Å². The number of methoxy groups -OCH3 is 1. The first-order valence-corrected chi connectivity index (χ1v) is 5.95. The standard InChI is InChI=1S/C7H13NO5S/c1-13-6-4-14(11,12)3-5(6)8-2-7(9)10/h5-6,8H,2-4H2,1H3,(H,9,10). The molecule has 1 aliphatic rings. The molecule has 0 bridgehead atoms. The molecule has 2 atom stereocenters. The number of ether oxygens (including phenoxy) is 1. The molecule has 2 unspecified atom stereocenters. The molecular weight excluding hydrogens is 210 g/mol. The molecule has 1 rings (SSSR count). The molecule has 1 aliphatic heterocycles. The Morgan fingerprint density at radius 3 is 2.71 bits per heavy atom. The summed E-state index contributed by atoms with van der Waals surface area (Å²) in [5.74, 6) is -1.11. The van der Waals surface area contributed by atoms with E-state index in [2.05, 4.69) is 5.32 Å². The van der Waals surface area contributed by atoms with Gasteiger partial charge in [-0.25, -0.2) is 8.42 Å². The quantitative estimate of drug-likeness (QED) is 0.601. The van der Waals surface area contributed by atoms with E-state index in [4.69, 9.17) is 9.84 Å². The summed E-state index contributed by atoms with van der Waals surface area (Å²) in [7, 11) is -1.67. The van der Waals surface area contributed by atoms with Crippen molar-refractivity contribution in [1.82, 2.24) is 5.32 Å². The molecule has 0 aliphatic carbocycles. The van der Waals surface area contributed by atoms with Crippen molar-refractivity contribution in [2.45, 2.75) is 12.1 Å². The van der Waals surface area contributed by atoms with Crippen LogP contribution in [0.1, 0.15) is 0 Å². The Labute approximate surface area is 82.2 Å². The van der Waals surface area contributed by atoms with E-state index in [9.17, 15) is 13.2 Å². The number of sulfone groups is 1. The van der Waals surface area contributed by atoms with Crippen LogP contribution in [0.25, 0.3) is 0 Å². The Kier molecular flexibility index (Phi) is 3.46. The smallest absolute Gasteiger partial charge is 0.317 e. The van der Waals surface area contributed by atoms with Crippen molar-refractivity contribution in [3.05, 3.63) is 0 Å². The van der Waals surface area contributed by atoms with Gasteiger partial charge in [-0.1, -0.05) is 0 Å². The molecule has 0 aromatic rings. The van der Waals surface area contributed by atoms with Gasteiger partial charge in [0.1, 0.15) is 0 Å². The van der Waals surface area contributed by atoms with Gasteiger partial charge in [0.2, 0.25) is 0 Å². The maximum absolute atomic E-state index is 11.2. The van der Waals surface area contributed by atoms with E-state index in [0.29, 0.717) is 0 Å². The van der Waals surface area contributed by atoms with Crippen molar-refractivity contribution in [3.8, 4) is 0 Å². The highest BCUT2D eigenvalue weighted by Crippen LogP contribution is 2.14. The van der Waals surface area contributed by atoms with Gasteiger partial charge in [-0.3, -0.25) is 4.79 Å². The van der Waals surface area contributed by atoms with Gasteiger partial charge in [0.05, 0.1) is 24.2 Å². The Morgan fingerprint density at radius 1 is 1.57 bits per heavy atom. The SMILES string of the molecule is COC1CS(=O)(=O)CC1NCC(=O)O. The number of carbonyl (C=O) groups is 1. The van der Waals surface area contributed by atoms with Gasteiger partial charge in [0.15, 0.2) is 9.84 Å². The number of aliphatic carboxylic acids is 1. The van der Waals surface area contributed by atoms with Crippen LogP contribution in [0, 0.1) is 0 Å². The summed E-state index contributed by atoms with van der Waals surface area (Å²) < 4.78 is 27.3. The lowest BCUT2D eigenvalue weighted by Crippen LogP contribution is -2.42. The van der Waals surface area contributed by atoms with Crippen molar-refractivity contribution in [2.24, 2.45) is 0 Å². The second-order valence-electron chi connectivity index (χ2n) is 3.23. The van der Waals surface area contributed by atoms with Crippen LogP contribution in [-0.4, -0.2) is 56.8 Å². The molecule has 0 aromatic heterocycles. The van der Waals surface area contributed by atoms with E-state index in [1.165, 1.54) is 7.11 Å². The lowest BCUT2D eigenvalue weighted by molar-refractivity contribution is -0.136. The second kappa shape index (κ2) is 4.24. The third-order valence-corrected chi connectivity index (χ3v) is 3.82. The second-order valence-corrected chi connectivity index (χ2v) is 5.39. The predicted molar refractivity (Wildman–Crippen MR) is 48.9 cm³/mol. The molecular formula is C7H13NO5S. The van der Waals surface area contributed by atoms with Crippen LogP contribution in [-0.2, 0) is 19.4 Å². The van der Waals surface area contributed by atoms with Crippen molar-refractivity contribution < 1.29 is 23.1 Å². The zero-order valence-electron chi connectivity index (χ0n) is 7.76. The average molecular weight is 223 g/mol. The maximum Gasteiger partial charge on any atom is 0.317 e. The Hall–Kier alpha value is -0.660. The van der Waals surface area contributed by atoms with Crippen molar-refractivity contribution >= 4 is 15.8 Å². The lowest BCUT2D eigenvalue weighted by atomic mass is 10.2. The summed E-state index contributed by atoms with van der Waals surface area (Å²) in [5.41, 5.74) is 0. The summed E-state index contributed by atoms with van der Waals surface area (Å²) in [6.07, 6.45) is -0.445. The number of carboxylic acid groups (broad SMARTS) is 1. The molecule has 1 fully saturated rings. The topological polar surface area (TPSA) is 92.7 Å². The van der Waals surface area contributed by atoms with Gasteiger partial charge in [0, 0.05) is 13.2 Å². The van der Waals surface area contributed by atoms with E-state index < -0.39 is 28.0 Å². The zero-order valence-corrected chi connectivity index (χ0v) is 8.58. The molecule has 0 aromatic carbocycles. The summed E-state index contributed by atoms with van der Waals surface area (Å²) in [5, 5.41) is 11.0. The van der Waals surface area contributed by atoms with E-state index in [0.717, 1.165) is 0 Å². The molecule has 0 spiro atoms. The predicted octanol–water partition coefficient (Wildman–Crippen LogP) is -1.53. The highest BCUT2D eigenvalue weighted by molar-refractivity contribution is 7.91. The average Bonchev–Trinajstić information content (AvgIpc) is 2.37. The third kappa shape index (κ3) is 2.93. The Balaban J connectivity index is 2.55. The molecule has 0 amide bonds. The molecule has 14 heavy (non-hydrogen) atoms. The summed E-state index contributed by atoms with van der Waals surface area (Å²) in [4.78, 5) is 10.3. The van der Waals surface area contributed by atoms with Gasteiger partial charge in [0.25, 0.3) is 0 Å². The fourth-order valence-electron chi connectivity index (χ4n) is 1.46. The number of nitrogens with one attached hydrogen (secondary N) is 1. The van der Waals surface area contributed by atoms with Gasteiger partial charge in [-0.15, -0.1) is 0 Å². The Morgan fingerprint density at radius 2 is 2.21 bits per heavy atom. The largest absolute Gasteiger partial charge is 0.480 e. The van der Waals surface area contributed by atoms with Gasteiger partial charge >= 0.3 is 5.97 Å². The zero-order chi connectivity index (χ0) is 10.8. The number of rotatable bonds is 4. The van der Waals surface area contributed by atoms with E-state index >= 15 is 0 Å². The minimum absolute atomic E-state index is 0.0409. The van der Waals surface area contributed by atoms with Crippen LogP contribution in [0.3, 0.4) is 0 Å². The fourth-order valence-corrected chi connectivity index (χ4v) is 3.34. The maximum atomic E-state index is 11.2. The first-order valence-electron chi connectivity index (χ1n) is 4.13. The van der Waals surface area contributed by atoms with Crippen LogP contribution in [0.15, 0.2) is 0 Å². The molecule has 0 radical (unpaired) electrons. The molecule has 1 saturated heterocycles. The highest BCUT2D eigenvalue weighted by atomic mass is 32.2. The summed E-state index contributed by atoms with van der Waals surface area (Å²) in [6, 6.07) is -0.416. The molecule has 2 N–H and O–H groups in total. The third-order valence-electron chi connectivity index (χ3n) is 2.12. The monoisotopic (exact) mass is 223 g/mol. The van der Waals surface area contributed by atoms with E-state index in [-0.39, 0.29) is 18.1 Å². The first kappa shape index (κ1) is 11.4. The van der Waals surface area contributed by atoms with E-state index in [1.807, 2.05) is 0 Å². The molecule has 6 nitrogen and oxygen atoms in total. The normalized spacial score (nSPS) is 30.4.